The van der Waals surface area contributed by atoms with Gasteiger partial charge in [-0.25, -0.2) is 9.69 Å². The number of hydrogen-bond donors (Lipinski definition) is 1. The minimum atomic E-state index is -0.890. The molecule has 0 unspecified atom stereocenters. The van der Waals surface area contributed by atoms with E-state index in [2.05, 4.69) is 21.2 Å². The van der Waals surface area contributed by atoms with Gasteiger partial charge in [0, 0.05) is 16.6 Å². The van der Waals surface area contributed by atoms with Crippen LogP contribution in [0.1, 0.15) is 23.6 Å². The van der Waals surface area contributed by atoms with E-state index in [-0.39, 0.29) is 46.7 Å². The number of ether oxygens (including phenoxy) is 3. The topological polar surface area (TPSA) is 137 Å². The lowest BCUT2D eigenvalue weighted by atomic mass is 10.1. The molecule has 0 aliphatic carbocycles. The maximum Gasteiger partial charge on any atom is 0.335 e. The lowest BCUT2D eigenvalue weighted by Gasteiger charge is -2.26. The van der Waals surface area contributed by atoms with Crippen molar-refractivity contribution >= 4 is 62.8 Å². The van der Waals surface area contributed by atoms with Crippen LogP contribution >= 0.6 is 27.5 Å². The zero-order valence-corrected chi connectivity index (χ0v) is 26.5. The number of carbonyl (C=O) groups excluding carboxylic acids is 3. The second-order valence-corrected chi connectivity index (χ2v) is 11.2. The third kappa shape index (κ3) is 7.53. The number of hydrogen-bond acceptors (Lipinski definition) is 8. The number of barbiturate groups is 1. The summed E-state index contributed by atoms with van der Waals surface area (Å²) in [7, 11) is 0. The maximum absolute atomic E-state index is 13.5. The number of anilines is 1. The van der Waals surface area contributed by atoms with Crippen LogP contribution in [-0.2, 0) is 22.8 Å². The number of imide groups is 2. The first kappa shape index (κ1) is 32.2. The minimum Gasteiger partial charge on any atom is -0.490 e. The summed E-state index contributed by atoms with van der Waals surface area (Å²) in [6, 6.07) is 22.0. The molecular weight excluding hydrogens is 682 g/mol. The van der Waals surface area contributed by atoms with Gasteiger partial charge in [-0.05, 0) is 90.4 Å². The summed E-state index contributed by atoms with van der Waals surface area (Å²) in [5.74, 6) is -0.711. The summed E-state index contributed by atoms with van der Waals surface area (Å²) in [6.45, 7) is 2.39. The van der Waals surface area contributed by atoms with Gasteiger partial charge in [-0.15, -0.1) is 0 Å². The number of amides is 4. The van der Waals surface area contributed by atoms with Crippen molar-refractivity contribution in [3.63, 3.8) is 0 Å². The second-order valence-electron chi connectivity index (χ2n) is 9.84. The first-order chi connectivity index (χ1) is 22.1. The number of nitro groups is 1. The van der Waals surface area contributed by atoms with Crippen LogP contribution in [0, 0.1) is 10.1 Å². The number of halogens is 2. The molecule has 234 valence electrons. The molecule has 4 amide bonds. The van der Waals surface area contributed by atoms with E-state index >= 15 is 0 Å². The van der Waals surface area contributed by atoms with E-state index < -0.39 is 22.8 Å². The van der Waals surface area contributed by atoms with Crippen LogP contribution in [0.15, 0.2) is 95.0 Å². The lowest BCUT2D eigenvalue weighted by molar-refractivity contribution is -0.384. The van der Waals surface area contributed by atoms with Gasteiger partial charge in [-0.2, -0.15) is 0 Å². The Hall–Kier alpha value is -5.20. The molecule has 0 bridgehead atoms. The predicted molar refractivity (Wildman–Crippen MR) is 174 cm³/mol. The highest BCUT2D eigenvalue weighted by Crippen LogP contribution is 2.38. The lowest BCUT2D eigenvalue weighted by Crippen LogP contribution is -2.54. The molecule has 46 heavy (non-hydrogen) atoms. The van der Waals surface area contributed by atoms with Gasteiger partial charge < -0.3 is 14.2 Å². The molecule has 4 aromatic rings. The van der Waals surface area contributed by atoms with Gasteiger partial charge in [0.1, 0.15) is 24.5 Å². The number of nitrogens with zero attached hydrogens (tertiary/aromatic N) is 2. The number of non-ortho nitro benzene ring substituents is 1. The van der Waals surface area contributed by atoms with Crippen LogP contribution in [0.3, 0.4) is 0 Å². The van der Waals surface area contributed by atoms with Crippen molar-refractivity contribution in [2.75, 3.05) is 11.5 Å². The maximum atomic E-state index is 13.5. The molecule has 1 fully saturated rings. The minimum absolute atomic E-state index is 0.0459. The highest BCUT2D eigenvalue weighted by molar-refractivity contribution is 9.10. The molecule has 1 aliphatic rings. The molecule has 0 aromatic heterocycles. The van der Waals surface area contributed by atoms with Crippen molar-refractivity contribution in [3.05, 3.63) is 127 Å². The van der Waals surface area contributed by atoms with Gasteiger partial charge in [-0.3, -0.25) is 25.0 Å². The van der Waals surface area contributed by atoms with Crippen molar-refractivity contribution in [2.45, 2.75) is 20.1 Å². The predicted octanol–water partition coefficient (Wildman–Crippen LogP) is 7.23. The number of rotatable bonds is 11. The molecule has 1 aliphatic heterocycles. The molecule has 0 saturated carbocycles. The largest absolute Gasteiger partial charge is 0.490 e. The SMILES string of the molecule is CCOc1cc(/C=C2\C(=O)NC(=O)N(c3ccc(OCc4ccc(Br)cc4)cc3)C2=O)cc(Cl)c1OCc1ccc([N+](=O)[O-])cc1. The monoisotopic (exact) mass is 705 g/mol. The van der Waals surface area contributed by atoms with E-state index in [4.69, 9.17) is 25.8 Å². The highest BCUT2D eigenvalue weighted by atomic mass is 79.9. The molecule has 4 aromatic carbocycles. The molecular formula is C33H25BrClN3O8. The van der Waals surface area contributed by atoms with E-state index in [9.17, 15) is 24.5 Å². The van der Waals surface area contributed by atoms with Crippen LogP contribution in [0.5, 0.6) is 17.2 Å². The molecule has 0 spiro atoms. The van der Waals surface area contributed by atoms with Crippen molar-refractivity contribution in [3.8, 4) is 17.2 Å². The summed E-state index contributed by atoms with van der Waals surface area (Å²) in [6.07, 6.45) is 1.31. The average molecular weight is 707 g/mol. The Bertz CT molecular complexity index is 1830. The van der Waals surface area contributed by atoms with Crippen LogP contribution in [0.2, 0.25) is 5.02 Å². The quantitative estimate of drug-likeness (QED) is 0.0746. The number of nitro benzene ring substituents is 1. The van der Waals surface area contributed by atoms with Crippen molar-refractivity contribution < 1.29 is 33.5 Å². The number of nitrogens with one attached hydrogen (secondary N) is 1. The molecule has 1 heterocycles. The summed E-state index contributed by atoms with van der Waals surface area (Å²) in [5, 5.41) is 13.3. The normalized spacial score (nSPS) is 13.8. The van der Waals surface area contributed by atoms with Gasteiger partial charge >= 0.3 is 6.03 Å². The number of carbonyl (C=O) groups is 3. The molecule has 0 atom stereocenters. The summed E-state index contributed by atoms with van der Waals surface area (Å²) >= 11 is 9.93. The summed E-state index contributed by atoms with van der Waals surface area (Å²) in [4.78, 5) is 50.3. The number of benzene rings is 4. The highest BCUT2D eigenvalue weighted by Gasteiger charge is 2.37. The zero-order valence-electron chi connectivity index (χ0n) is 24.2. The van der Waals surface area contributed by atoms with Crippen molar-refractivity contribution in [1.82, 2.24) is 5.32 Å². The van der Waals surface area contributed by atoms with E-state index in [1.54, 1.807) is 49.4 Å². The standard InChI is InChI=1S/C33H25BrClN3O8/c1-2-44-29-17-22(16-28(35)30(29)46-19-21-5-9-25(10-6-21)38(42)43)15-27-31(39)36-33(41)37(32(27)40)24-11-13-26(14-12-24)45-18-20-3-7-23(34)8-4-20/h3-17H,2,18-19H2,1H3,(H,36,39,41)/b27-15+. The van der Waals surface area contributed by atoms with Crippen LogP contribution in [-0.4, -0.2) is 29.4 Å². The second kappa shape index (κ2) is 14.3. The van der Waals surface area contributed by atoms with Gasteiger partial charge in [0.25, 0.3) is 17.5 Å². The molecule has 0 radical (unpaired) electrons. The molecule has 13 heteroatoms. The Morgan fingerprint density at radius 1 is 0.891 bits per heavy atom. The average Bonchev–Trinajstić information content (AvgIpc) is 3.03. The van der Waals surface area contributed by atoms with Gasteiger partial charge in [0.05, 0.1) is 22.2 Å². The Kier molecular flexibility index (Phi) is 9.99. The number of urea groups is 1. The third-order valence-corrected chi connectivity index (χ3v) is 7.50. The van der Waals surface area contributed by atoms with Crippen LogP contribution in [0.4, 0.5) is 16.2 Å². The molecule has 1 saturated heterocycles. The Balaban J connectivity index is 1.34. The molecule has 11 nitrogen and oxygen atoms in total. The molecule has 1 N–H and O–H groups in total. The van der Waals surface area contributed by atoms with Crippen LogP contribution < -0.4 is 24.4 Å². The first-order valence-electron chi connectivity index (χ1n) is 13.8. The van der Waals surface area contributed by atoms with E-state index in [1.165, 1.54) is 24.3 Å². The first-order valence-corrected chi connectivity index (χ1v) is 15.0. The fourth-order valence-electron chi connectivity index (χ4n) is 4.44. The van der Waals surface area contributed by atoms with Crippen LogP contribution in [0.25, 0.3) is 6.08 Å². The summed E-state index contributed by atoms with van der Waals surface area (Å²) in [5.41, 5.74) is 1.86. The van der Waals surface area contributed by atoms with E-state index in [0.717, 1.165) is 14.9 Å². The molecule has 5 rings (SSSR count). The van der Waals surface area contributed by atoms with Gasteiger partial charge in [0.2, 0.25) is 0 Å². The van der Waals surface area contributed by atoms with Gasteiger partial charge in [0.15, 0.2) is 11.5 Å². The zero-order chi connectivity index (χ0) is 32.8. The Morgan fingerprint density at radius 2 is 1.52 bits per heavy atom. The van der Waals surface area contributed by atoms with E-state index in [0.29, 0.717) is 23.5 Å². The van der Waals surface area contributed by atoms with Gasteiger partial charge in [-0.1, -0.05) is 39.7 Å². The fourth-order valence-corrected chi connectivity index (χ4v) is 4.98. The Morgan fingerprint density at radius 3 is 2.15 bits per heavy atom. The smallest absolute Gasteiger partial charge is 0.335 e. The Labute approximate surface area is 276 Å². The van der Waals surface area contributed by atoms with E-state index in [1.807, 2.05) is 24.3 Å². The fraction of sp³-hybridized carbons (Fsp3) is 0.121. The summed E-state index contributed by atoms with van der Waals surface area (Å²) < 4.78 is 18.4. The third-order valence-electron chi connectivity index (χ3n) is 6.69. The van der Waals surface area contributed by atoms with Crippen molar-refractivity contribution in [2.24, 2.45) is 0 Å². The van der Waals surface area contributed by atoms with Crippen molar-refractivity contribution in [1.29, 1.82) is 0 Å².